The first kappa shape index (κ1) is 16.2. The molecule has 0 aromatic carbocycles. The van der Waals surface area contributed by atoms with Crippen molar-refractivity contribution < 1.29 is 0 Å². The third-order valence-electron chi connectivity index (χ3n) is 4.04. The summed E-state index contributed by atoms with van der Waals surface area (Å²) in [4.78, 5) is 14.2. The monoisotopic (exact) mass is 306 g/mol. The van der Waals surface area contributed by atoms with Crippen molar-refractivity contribution in [3.8, 4) is 0 Å². The smallest absolute Gasteiger partial charge is 0.146 e. The van der Waals surface area contributed by atoms with Crippen molar-refractivity contribution in [3.05, 3.63) is 16.3 Å². The van der Waals surface area contributed by atoms with Gasteiger partial charge in [-0.05, 0) is 32.4 Å². The van der Waals surface area contributed by atoms with Gasteiger partial charge in [-0.2, -0.15) is 0 Å². The first-order valence-electron chi connectivity index (χ1n) is 7.59. The van der Waals surface area contributed by atoms with Crippen LogP contribution in [0.2, 0.25) is 0 Å². The van der Waals surface area contributed by atoms with Gasteiger partial charge in [0.05, 0.1) is 11.9 Å². The van der Waals surface area contributed by atoms with Gasteiger partial charge in [0.1, 0.15) is 16.5 Å². The molecule has 21 heavy (non-hydrogen) atoms. The third kappa shape index (κ3) is 3.52. The molecule has 0 spiro atoms. The molecule has 1 N–H and O–H groups in total. The summed E-state index contributed by atoms with van der Waals surface area (Å²) >= 11 is 1.76. The van der Waals surface area contributed by atoms with Crippen LogP contribution in [0, 0.1) is 19.8 Å². The summed E-state index contributed by atoms with van der Waals surface area (Å²) in [5.41, 5.74) is 1.29. The van der Waals surface area contributed by atoms with Gasteiger partial charge in [0.15, 0.2) is 0 Å². The zero-order valence-corrected chi connectivity index (χ0v) is 14.8. The molecule has 0 aliphatic heterocycles. The Bertz CT molecular complexity index is 620. The standard InChI is InChI=1S/C16H26N4S/c1-7-10(2)8-20(6)9-13-18-15(17-5)14-11(3)12(4)21-16(14)19-13/h10H,7-9H2,1-6H3,(H,17,18,19). The Morgan fingerprint density at radius 2 is 2.00 bits per heavy atom. The van der Waals surface area contributed by atoms with E-state index in [9.17, 15) is 0 Å². The third-order valence-corrected chi connectivity index (χ3v) is 5.14. The molecule has 5 heteroatoms. The predicted octanol–water partition coefficient (Wildman–Crippen LogP) is 3.83. The molecular weight excluding hydrogens is 280 g/mol. The number of anilines is 1. The summed E-state index contributed by atoms with van der Waals surface area (Å²) in [6.07, 6.45) is 1.20. The van der Waals surface area contributed by atoms with E-state index in [1.165, 1.54) is 22.2 Å². The van der Waals surface area contributed by atoms with Crippen molar-refractivity contribution in [1.82, 2.24) is 14.9 Å². The van der Waals surface area contributed by atoms with Gasteiger partial charge in [-0.1, -0.05) is 20.3 Å². The lowest BCUT2D eigenvalue weighted by molar-refractivity contribution is 0.270. The molecule has 0 saturated carbocycles. The van der Waals surface area contributed by atoms with Gasteiger partial charge in [-0.25, -0.2) is 9.97 Å². The second kappa shape index (κ2) is 6.71. The van der Waals surface area contributed by atoms with Crippen molar-refractivity contribution in [3.63, 3.8) is 0 Å². The van der Waals surface area contributed by atoms with E-state index in [4.69, 9.17) is 9.97 Å². The molecular formula is C16H26N4S. The molecule has 0 saturated heterocycles. The van der Waals surface area contributed by atoms with Crippen LogP contribution in [-0.4, -0.2) is 35.5 Å². The topological polar surface area (TPSA) is 41.1 Å². The summed E-state index contributed by atoms with van der Waals surface area (Å²) < 4.78 is 0. The van der Waals surface area contributed by atoms with E-state index >= 15 is 0 Å². The Hall–Kier alpha value is -1.20. The van der Waals surface area contributed by atoms with Crippen molar-refractivity contribution in [1.29, 1.82) is 0 Å². The average Bonchev–Trinajstić information content (AvgIpc) is 2.72. The number of fused-ring (bicyclic) bond motifs is 1. The molecule has 0 aliphatic carbocycles. The highest BCUT2D eigenvalue weighted by Crippen LogP contribution is 2.33. The fraction of sp³-hybridized carbons (Fsp3) is 0.625. The summed E-state index contributed by atoms with van der Waals surface area (Å²) in [5.74, 6) is 2.56. The summed E-state index contributed by atoms with van der Waals surface area (Å²) in [7, 11) is 4.07. The number of aromatic nitrogens is 2. The summed E-state index contributed by atoms with van der Waals surface area (Å²) in [6, 6.07) is 0. The van der Waals surface area contributed by atoms with E-state index < -0.39 is 0 Å². The fourth-order valence-electron chi connectivity index (χ4n) is 2.51. The van der Waals surface area contributed by atoms with Crippen LogP contribution < -0.4 is 5.32 Å². The number of nitrogens with one attached hydrogen (secondary N) is 1. The highest BCUT2D eigenvalue weighted by Gasteiger charge is 2.15. The zero-order valence-electron chi connectivity index (χ0n) is 13.9. The lowest BCUT2D eigenvalue weighted by atomic mass is 10.1. The Balaban J connectivity index is 2.29. The SMILES string of the molecule is CCC(C)CN(C)Cc1nc(NC)c2c(C)c(C)sc2n1. The van der Waals surface area contributed by atoms with E-state index in [0.717, 1.165) is 29.6 Å². The van der Waals surface area contributed by atoms with Crippen molar-refractivity contribution in [2.75, 3.05) is 26.0 Å². The summed E-state index contributed by atoms with van der Waals surface area (Å²) in [6.45, 7) is 10.7. The van der Waals surface area contributed by atoms with E-state index in [2.05, 4.69) is 45.0 Å². The number of rotatable bonds is 6. The van der Waals surface area contributed by atoms with Crippen LogP contribution in [-0.2, 0) is 6.54 Å². The van der Waals surface area contributed by atoms with Gasteiger partial charge < -0.3 is 5.32 Å². The quantitative estimate of drug-likeness (QED) is 0.880. The van der Waals surface area contributed by atoms with Crippen LogP contribution in [0.4, 0.5) is 5.82 Å². The number of aryl methyl sites for hydroxylation is 2. The molecule has 0 radical (unpaired) electrons. The van der Waals surface area contributed by atoms with Gasteiger partial charge >= 0.3 is 0 Å². The maximum Gasteiger partial charge on any atom is 0.146 e. The number of hydrogen-bond donors (Lipinski definition) is 1. The molecule has 4 nitrogen and oxygen atoms in total. The lowest BCUT2D eigenvalue weighted by Gasteiger charge is -2.19. The second-order valence-electron chi connectivity index (χ2n) is 5.91. The molecule has 0 bridgehead atoms. The van der Waals surface area contributed by atoms with Crippen molar-refractivity contribution in [2.45, 2.75) is 40.7 Å². The number of thiophene rings is 1. The second-order valence-corrected chi connectivity index (χ2v) is 7.12. The van der Waals surface area contributed by atoms with E-state index in [1.807, 2.05) is 7.05 Å². The first-order valence-corrected chi connectivity index (χ1v) is 8.40. The minimum absolute atomic E-state index is 0.703. The van der Waals surface area contributed by atoms with Crippen molar-refractivity contribution >= 4 is 27.4 Å². The Morgan fingerprint density at radius 1 is 1.29 bits per heavy atom. The Kier molecular flexibility index (Phi) is 5.17. The van der Waals surface area contributed by atoms with E-state index in [1.54, 1.807) is 11.3 Å². The highest BCUT2D eigenvalue weighted by molar-refractivity contribution is 7.18. The molecule has 1 unspecified atom stereocenters. The summed E-state index contributed by atoms with van der Waals surface area (Å²) in [5, 5.41) is 4.40. The fourth-order valence-corrected chi connectivity index (χ4v) is 3.56. The highest BCUT2D eigenvalue weighted by atomic mass is 32.1. The molecule has 1 atom stereocenters. The molecule has 2 aromatic rings. The van der Waals surface area contributed by atoms with Gasteiger partial charge in [-0.15, -0.1) is 11.3 Å². The molecule has 2 aromatic heterocycles. The van der Waals surface area contributed by atoms with Gasteiger partial charge in [0, 0.05) is 18.5 Å². The molecule has 2 heterocycles. The minimum atomic E-state index is 0.703. The maximum atomic E-state index is 4.76. The van der Waals surface area contributed by atoms with Crippen LogP contribution in [0.15, 0.2) is 0 Å². The molecule has 116 valence electrons. The van der Waals surface area contributed by atoms with E-state index in [0.29, 0.717) is 5.92 Å². The van der Waals surface area contributed by atoms with Crippen LogP contribution >= 0.6 is 11.3 Å². The van der Waals surface area contributed by atoms with Crippen LogP contribution in [0.25, 0.3) is 10.2 Å². The van der Waals surface area contributed by atoms with Crippen LogP contribution in [0.3, 0.4) is 0 Å². The lowest BCUT2D eigenvalue weighted by Crippen LogP contribution is -2.24. The van der Waals surface area contributed by atoms with E-state index in [-0.39, 0.29) is 0 Å². The number of nitrogens with zero attached hydrogens (tertiary/aromatic N) is 3. The molecule has 0 aliphatic rings. The molecule has 0 amide bonds. The average molecular weight is 306 g/mol. The maximum absolute atomic E-state index is 4.76. The van der Waals surface area contributed by atoms with Crippen LogP contribution in [0.5, 0.6) is 0 Å². The normalized spacial score (nSPS) is 13.1. The largest absolute Gasteiger partial charge is 0.372 e. The zero-order chi connectivity index (χ0) is 15.6. The van der Waals surface area contributed by atoms with Crippen molar-refractivity contribution in [2.24, 2.45) is 5.92 Å². The Morgan fingerprint density at radius 3 is 2.62 bits per heavy atom. The Labute approximate surface area is 131 Å². The molecule has 0 fully saturated rings. The van der Waals surface area contributed by atoms with Gasteiger partial charge in [0.2, 0.25) is 0 Å². The van der Waals surface area contributed by atoms with Gasteiger partial charge in [0.25, 0.3) is 0 Å². The first-order chi connectivity index (χ1) is 9.96. The minimum Gasteiger partial charge on any atom is -0.372 e. The predicted molar refractivity (Wildman–Crippen MR) is 92.2 cm³/mol. The number of hydrogen-bond acceptors (Lipinski definition) is 5. The van der Waals surface area contributed by atoms with Gasteiger partial charge in [-0.3, -0.25) is 4.90 Å². The molecule has 2 rings (SSSR count). The van der Waals surface area contributed by atoms with Crippen LogP contribution in [0.1, 0.15) is 36.5 Å².